The zero-order chi connectivity index (χ0) is 22.5. The van der Waals surface area contributed by atoms with Crippen LogP contribution >= 0.6 is 0 Å². The summed E-state index contributed by atoms with van der Waals surface area (Å²) in [6.45, 7) is 1.31. The van der Waals surface area contributed by atoms with Gasteiger partial charge in [0.25, 0.3) is 5.91 Å². The first-order valence-electron chi connectivity index (χ1n) is 10.5. The summed E-state index contributed by atoms with van der Waals surface area (Å²) in [6, 6.07) is 15.6. The molecule has 1 aliphatic heterocycles. The van der Waals surface area contributed by atoms with Crippen LogP contribution in [0, 0.1) is 0 Å². The number of nitrogens with zero attached hydrogens (tertiary/aromatic N) is 2. The van der Waals surface area contributed by atoms with Crippen LogP contribution in [-0.4, -0.2) is 45.3 Å². The van der Waals surface area contributed by atoms with Crippen molar-refractivity contribution in [1.82, 2.24) is 10.3 Å². The number of amides is 1. The molecule has 0 radical (unpaired) electrons. The number of methoxy groups -OCH3 is 3. The van der Waals surface area contributed by atoms with Crippen molar-refractivity contribution in [2.75, 3.05) is 39.3 Å². The van der Waals surface area contributed by atoms with Gasteiger partial charge in [-0.1, -0.05) is 24.3 Å². The predicted molar refractivity (Wildman–Crippen MR) is 123 cm³/mol. The van der Waals surface area contributed by atoms with Crippen molar-refractivity contribution in [1.29, 1.82) is 0 Å². The van der Waals surface area contributed by atoms with Gasteiger partial charge in [0, 0.05) is 36.7 Å². The zero-order valence-corrected chi connectivity index (χ0v) is 18.5. The average molecular weight is 434 g/mol. The summed E-state index contributed by atoms with van der Waals surface area (Å²) >= 11 is 0. The molecule has 0 spiro atoms. The number of aromatic nitrogens is 1. The van der Waals surface area contributed by atoms with Gasteiger partial charge in [0.15, 0.2) is 11.5 Å². The molecule has 1 aromatic heterocycles. The highest BCUT2D eigenvalue weighted by Crippen LogP contribution is 2.38. The Morgan fingerprint density at radius 1 is 1.06 bits per heavy atom. The number of carbonyl (C=O) groups is 1. The van der Waals surface area contributed by atoms with Crippen LogP contribution in [0.3, 0.4) is 0 Å². The molecule has 0 unspecified atom stereocenters. The van der Waals surface area contributed by atoms with Crippen LogP contribution in [0.25, 0.3) is 0 Å². The summed E-state index contributed by atoms with van der Waals surface area (Å²) in [5.41, 5.74) is 4.00. The van der Waals surface area contributed by atoms with E-state index in [1.54, 1.807) is 18.3 Å². The number of para-hydroxylation sites is 1. The fraction of sp³-hybridized carbons (Fsp3) is 0.280. The normalized spacial score (nSPS) is 13.3. The van der Waals surface area contributed by atoms with Crippen molar-refractivity contribution in [3.05, 3.63) is 77.6 Å². The van der Waals surface area contributed by atoms with Gasteiger partial charge in [0.2, 0.25) is 5.75 Å². The number of carbonyl (C=O) groups excluding carboxylic acids is 1. The summed E-state index contributed by atoms with van der Waals surface area (Å²) in [7, 11) is 4.59. The van der Waals surface area contributed by atoms with Crippen molar-refractivity contribution in [3.8, 4) is 17.2 Å². The molecule has 3 aromatic rings. The maximum Gasteiger partial charge on any atom is 0.251 e. The molecule has 0 aliphatic carbocycles. The molecule has 1 atom stereocenters. The van der Waals surface area contributed by atoms with Crippen LogP contribution in [0.5, 0.6) is 17.2 Å². The summed E-state index contributed by atoms with van der Waals surface area (Å²) in [5, 5.41) is 3.09. The Hall–Kier alpha value is -3.74. The molecule has 7 heteroatoms. The molecule has 7 nitrogen and oxygen atoms in total. The lowest BCUT2D eigenvalue weighted by Gasteiger charge is -2.31. The zero-order valence-electron chi connectivity index (χ0n) is 18.5. The highest BCUT2D eigenvalue weighted by Gasteiger charge is 2.28. The van der Waals surface area contributed by atoms with Crippen LogP contribution < -0.4 is 24.4 Å². The first-order valence-corrected chi connectivity index (χ1v) is 10.5. The lowest BCUT2D eigenvalue weighted by molar-refractivity contribution is 0.0950. The maximum absolute atomic E-state index is 13.1. The topological polar surface area (TPSA) is 72.9 Å². The first kappa shape index (κ1) is 21.5. The molecule has 1 amide bonds. The van der Waals surface area contributed by atoms with E-state index in [0.29, 0.717) is 29.4 Å². The minimum Gasteiger partial charge on any atom is -0.493 e. The molecule has 1 aliphatic rings. The fourth-order valence-corrected chi connectivity index (χ4v) is 4.17. The molecular weight excluding hydrogens is 406 g/mol. The number of hydrogen-bond acceptors (Lipinski definition) is 6. The van der Waals surface area contributed by atoms with E-state index in [1.165, 1.54) is 32.6 Å². The van der Waals surface area contributed by atoms with Gasteiger partial charge in [-0.15, -0.1) is 0 Å². The van der Waals surface area contributed by atoms with Crippen LogP contribution in [0.4, 0.5) is 5.69 Å². The second kappa shape index (κ2) is 9.60. The van der Waals surface area contributed by atoms with Gasteiger partial charge < -0.3 is 24.4 Å². The van der Waals surface area contributed by atoms with E-state index in [4.69, 9.17) is 14.2 Å². The Bertz CT molecular complexity index is 1060. The van der Waals surface area contributed by atoms with Gasteiger partial charge in [-0.25, -0.2) is 0 Å². The lowest BCUT2D eigenvalue weighted by Crippen LogP contribution is -2.37. The average Bonchev–Trinajstić information content (AvgIpc) is 3.27. The van der Waals surface area contributed by atoms with Gasteiger partial charge in [-0.3, -0.25) is 9.78 Å². The first-order chi connectivity index (χ1) is 15.7. The molecule has 166 valence electrons. The van der Waals surface area contributed by atoms with Gasteiger partial charge in [-0.05, 0) is 41.8 Å². The Kier molecular flexibility index (Phi) is 6.44. The number of anilines is 1. The Morgan fingerprint density at radius 3 is 2.47 bits per heavy atom. The van der Waals surface area contributed by atoms with Crippen LogP contribution in [0.1, 0.15) is 27.5 Å². The summed E-state index contributed by atoms with van der Waals surface area (Å²) in [6.07, 6.45) is 4.60. The van der Waals surface area contributed by atoms with E-state index in [2.05, 4.69) is 33.4 Å². The highest BCUT2D eigenvalue weighted by molar-refractivity contribution is 5.95. The molecule has 2 heterocycles. The molecule has 4 rings (SSSR count). The van der Waals surface area contributed by atoms with E-state index >= 15 is 0 Å². The number of ether oxygens (including phenoxy) is 3. The summed E-state index contributed by atoms with van der Waals surface area (Å²) in [4.78, 5) is 19.7. The van der Waals surface area contributed by atoms with Gasteiger partial charge in [0.05, 0.1) is 27.4 Å². The lowest BCUT2D eigenvalue weighted by atomic mass is 10.1. The molecule has 0 saturated heterocycles. The van der Waals surface area contributed by atoms with E-state index in [1.807, 2.05) is 24.4 Å². The number of nitrogens with one attached hydrogen (secondary N) is 1. The van der Waals surface area contributed by atoms with Crippen LogP contribution in [-0.2, 0) is 6.42 Å². The van der Waals surface area contributed by atoms with Gasteiger partial charge >= 0.3 is 0 Å². The number of hydrogen-bond donors (Lipinski definition) is 1. The predicted octanol–water partition coefficient (Wildman–Crippen LogP) is 3.64. The van der Waals surface area contributed by atoms with Crippen molar-refractivity contribution in [2.24, 2.45) is 0 Å². The SMILES string of the molecule is COc1cc(C(=O)NC[C@@H](c2cccnc2)N2CCc3ccccc32)cc(OC)c1OC. The van der Waals surface area contributed by atoms with Crippen molar-refractivity contribution >= 4 is 11.6 Å². The molecule has 1 N–H and O–H groups in total. The standard InChI is InChI=1S/C25H27N3O4/c1-30-22-13-19(14-23(31-2)24(22)32-3)25(29)27-16-21(18-8-6-11-26-15-18)28-12-10-17-7-4-5-9-20(17)28/h4-9,11,13-15,21H,10,12,16H2,1-3H3,(H,27,29)/t21-/m0/s1. The fourth-order valence-electron chi connectivity index (χ4n) is 4.17. The van der Waals surface area contributed by atoms with Crippen LogP contribution in [0.2, 0.25) is 0 Å². The molecule has 32 heavy (non-hydrogen) atoms. The second-order valence-corrected chi connectivity index (χ2v) is 7.50. The van der Waals surface area contributed by atoms with Crippen LogP contribution in [0.15, 0.2) is 60.9 Å². The number of fused-ring (bicyclic) bond motifs is 1. The summed E-state index contributed by atoms with van der Waals surface area (Å²) in [5.74, 6) is 1.11. The number of benzene rings is 2. The number of pyridine rings is 1. The van der Waals surface area contributed by atoms with Gasteiger partial charge in [-0.2, -0.15) is 0 Å². The van der Waals surface area contributed by atoms with Crippen molar-refractivity contribution < 1.29 is 19.0 Å². The van der Waals surface area contributed by atoms with Gasteiger partial charge in [0.1, 0.15) is 0 Å². The molecule has 0 saturated carbocycles. The van der Waals surface area contributed by atoms with Crippen molar-refractivity contribution in [2.45, 2.75) is 12.5 Å². The smallest absolute Gasteiger partial charge is 0.251 e. The molecule has 0 fully saturated rings. The third-order valence-corrected chi connectivity index (χ3v) is 5.75. The van der Waals surface area contributed by atoms with E-state index < -0.39 is 0 Å². The van der Waals surface area contributed by atoms with E-state index in [9.17, 15) is 4.79 Å². The molecule has 2 aromatic carbocycles. The Balaban J connectivity index is 1.59. The molecule has 0 bridgehead atoms. The maximum atomic E-state index is 13.1. The van der Waals surface area contributed by atoms with Crippen molar-refractivity contribution in [3.63, 3.8) is 0 Å². The monoisotopic (exact) mass is 433 g/mol. The Labute approximate surface area is 187 Å². The molecular formula is C25H27N3O4. The Morgan fingerprint density at radius 2 is 1.81 bits per heavy atom. The number of rotatable bonds is 8. The minimum absolute atomic E-state index is 0.0432. The summed E-state index contributed by atoms with van der Waals surface area (Å²) < 4.78 is 16.1. The highest BCUT2D eigenvalue weighted by atomic mass is 16.5. The second-order valence-electron chi connectivity index (χ2n) is 7.50. The van der Waals surface area contributed by atoms with E-state index in [0.717, 1.165) is 18.5 Å². The van der Waals surface area contributed by atoms with E-state index in [-0.39, 0.29) is 11.9 Å². The third kappa shape index (κ3) is 4.19. The minimum atomic E-state index is -0.217. The largest absolute Gasteiger partial charge is 0.493 e. The quantitative estimate of drug-likeness (QED) is 0.585. The third-order valence-electron chi connectivity index (χ3n) is 5.75.